The van der Waals surface area contributed by atoms with Crippen molar-refractivity contribution in [3.05, 3.63) is 48.0 Å². The number of methoxy groups -OCH3 is 2. The minimum atomic E-state index is -0.265. The number of carbonyl (C=O) groups excluding carboxylic acids is 2. The van der Waals surface area contributed by atoms with Gasteiger partial charge in [-0.2, -0.15) is 0 Å². The molecule has 2 aliphatic heterocycles. The highest BCUT2D eigenvalue weighted by Crippen LogP contribution is 2.36. The van der Waals surface area contributed by atoms with Crippen LogP contribution in [-0.2, 0) is 11.3 Å². The number of benzene rings is 2. The van der Waals surface area contributed by atoms with Crippen LogP contribution in [0.3, 0.4) is 0 Å². The van der Waals surface area contributed by atoms with E-state index >= 15 is 0 Å². The number of amides is 3. The third-order valence-electron chi connectivity index (χ3n) is 5.31. The Kier molecular flexibility index (Phi) is 5.16. The first-order chi connectivity index (χ1) is 14.1. The molecule has 0 aliphatic carbocycles. The van der Waals surface area contributed by atoms with Gasteiger partial charge in [-0.05, 0) is 36.2 Å². The second-order valence-corrected chi connectivity index (χ2v) is 7.12. The summed E-state index contributed by atoms with van der Waals surface area (Å²) < 4.78 is 10.5. The van der Waals surface area contributed by atoms with Gasteiger partial charge in [0.25, 0.3) is 0 Å². The van der Waals surface area contributed by atoms with E-state index in [-0.39, 0.29) is 24.0 Å². The van der Waals surface area contributed by atoms with E-state index in [1.807, 2.05) is 36.4 Å². The number of fused-ring (bicyclic) bond motifs is 3. The molecule has 152 valence electrons. The maximum atomic E-state index is 12.4. The number of nitrogens with one attached hydrogen (secondary N) is 3. The second-order valence-electron chi connectivity index (χ2n) is 7.12. The van der Waals surface area contributed by atoms with Gasteiger partial charge in [-0.25, -0.2) is 4.79 Å². The molecule has 0 bridgehead atoms. The number of hydrogen-bond acceptors (Lipinski definition) is 5. The summed E-state index contributed by atoms with van der Waals surface area (Å²) in [5, 5.41) is 8.78. The molecule has 2 aromatic carbocycles. The Labute approximate surface area is 169 Å². The molecule has 8 nitrogen and oxygen atoms in total. The average Bonchev–Trinajstić information content (AvgIpc) is 3.16. The molecule has 1 fully saturated rings. The first-order valence-electron chi connectivity index (χ1n) is 9.51. The van der Waals surface area contributed by atoms with Crippen molar-refractivity contribution in [2.24, 2.45) is 0 Å². The highest BCUT2D eigenvalue weighted by atomic mass is 16.5. The van der Waals surface area contributed by atoms with E-state index in [1.54, 1.807) is 20.3 Å². The number of ether oxygens (including phenoxy) is 2. The molecule has 29 heavy (non-hydrogen) atoms. The van der Waals surface area contributed by atoms with Crippen molar-refractivity contribution in [3.8, 4) is 11.5 Å². The molecule has 3 amide bonds. The Balaban J connectivity index is 1.35. The van der Waals surface area contributed by atoms with Gasteiger partial charge in [0.1, 0.15) is 6.04 Å². The van der Waals surface area contributed by atoms with Gasteiger partial charge < -0.3 is 30.3 Å². The number of rotatable bonds is 5. The van der Waals surface area contributed by atoms with Gasteiger partial charge >= 0.3 is 6.03 Å². The zero-order valence-corrected chi connectivity index (χ0v) is 16.4. The van der Waals surface area contributed by atoms with E-state index in [2.05, 4.69) is 20.9 Å². The lowest BCUT2D eigenvalue weighted by molar-refractivity contribution is -0.117. The summed E-state index contributed by atoms with van der Waals surface area (Å²) in [4.78, 5) is 26.8. The smallest absolute Gasteiger partial charge is 0.315 e. The van der Waals surface area contributed by atoms with E-state index in [9.17, 15) is 9.59 Å². The van der Waals surface area contributed by atoms with Crippen LogP contribution in [0.5, 0.6) is 11.5 Å². The summed E-state index contributed by atoms with van der Waals surface area (Å²) >= 11 is 0. The molecule has 0 spiro atoms. The lowest BCUT2D eigenvalue weighted by Gasteiger charge is -2.32. The Morgan fingerprint density at radius 3 is 2.76 bits per heavy atom. The molecule has 3 N–H and O–H groups in total. The van der Waals surface area contributed by atoms with Crippen molar-refractivity contribution in [3.63, 3.8) is 0 Å². The fourth-order valence-corrected chi connectivity index (χ4v) is 3.91. The molecule has 2 aromatic rings. The molecular formula is C21H24N4O4. The zero-order valence-electron chi connectivity index (χ0n) is 16.4. The van der Waals surface area contributed by atoms with Crippen LogP contribution in [0, 0.1) is 0 Å². The molecule has 4 rings (SSSR count). The quantitative estimate of drug-likeness (QED) is 0.720. The van der Waals surface area contributed by atoms with Crippen molar-refractivity contribution in [2.75, 3.05) is 31.0 Å². The minimum absolute atomic E-state index is 0.0289. The molecule has 0 aromatic heterocycles. The Morgan fingerprint density at radius 1 is 1.17 bits per heavy atom. The van der Waals surface area contributed by atoms with E-state index in [1.165, 1.54) is 0 Å². The first kappa shape index (κ1) is 18.9. The largest absolute Gasteiger partial charge is 0.493 e. The molecule has 2 aliphatic rings. The van der Waals surface area contributed by atoms with Gasteiger partial charge in [0.05, 0.1) is 31.6 Å². The maximum Gasteiger partial charge on any atom is 0.315 e. The first-order valence-corrected chi connectivity index (χ1v) is 9.51. The van der Waals surface area contributed by atoms with Crippen molar-refractivity contribution in [1.29, 1.82) is 0 Å². The van der Waals surface area contributed by atoms with Crippen molar-refractivity contribution >= 4 is 23.3 Å². The molecular weight excluding hydrogens is 372 g/mol. The number of hydrogen-bond donors (Lipinski definition) is 3. The Hall–Kier alpha value is -3.42. The fourth-order valence-electron chi connectivity index (χ4n) is 3.91. The minimum Gasteiger partial charge on any atom is -0.493 e. The van der Waals surface area contributed by atoms with Crippen LogP contribution < -0.4 is 30.3 Å². The standard InChI is InChI=1S/C21H24N4O4/c1-28-18-8-7-13(9-19(18)29-2)11-22-21(27)23-14-10-17-20(26)24-15-5-3-4-6-16(15)25(17)12-14/h3-9,14,17H,10-12H2,1-2H3,(H,24,26)(H2,22,23,27). The lowest BCUT2D eigenvalue weighted by atomic mass is 10.1. The predicted molar refractivity (Wildman–Crippen MR) is 110 cm³/mol. The van der Waals surface area contributed by atoms with Gasteiger partial charge in [0.2, 0.25) is 5.91 Å². The maximum absolute atomic E-state index is 12.4. The van der Waals surface area contributed by atoms with Crippen LogP contribution in [-0.4, -0.2) is 44.8 Å². The number of anilines is 2. The van der Waals surface area contributed by atoms with Crippen molar-refractivity contribution in [2.45, 2.75) is 25.0 Å². The third-order valence-corrected chi connectivity index (χ3v) is 5.31. The van der Waals surface area contributed by atoms with E-state index < -0.39 is 0 Å². The molecule has 2 unspecified atom stereocenters. The Morgan fingerprint density at radius 2 is 1.97 bits per heavy atom. The second kappa shape index (κ2) is 7.90. The van der Waals surface area contributed by atoms with Crippen molar-refractivity contribution < 1.29 is 19.1 Å². The summed E-state index contributed by atoms with van der Waals surface area (Å²) in [6.07, 6.45) is 0.573. The van der Waals surface area contributed by atoms with E-state index in [4.69, 9.17) is 9.47 Å². The summed E-state index contributed by atoms with van der Waals surface area (Å²) in [6, 6.07) is 12.6. The van der Waals surface area contributed by atoms with Crippen LogP contribution in [0.15, 0.2) is 42.5 Å². The SMILES string of the molecule is COc1ccc(CNC(=O)NC2CC3C(=O)Nc4ccccc4N3C2)cc1OC. The van der Waals surface area contributed by atoms with Gasteiger partial charge in [0.15, 0.2) is 11.5 Å². The summed E-state index contributed by atoms with van der Waals surface area (Å²) in [5.41, 5.74) is 2.70. The number of urea groups is 1. The molecule has 8 heteroatoms. The van der Waals surface area contributed by atoms with Gasteiger partial charge in [0, 0.05) is 13.1 Å². The fraction of sp³-hybridized carbons (Fsp3) is 0.333. The summed E-state index contributed by atoms with van der Waals surface area (Å²) in [5.74, 6) is 1.23. The lowest BCUT2D eigenvalue weighted by Crippen LogP contribution is -2.44. The van der Waals surface area contributed by atoms with Gasteiger partial charge in [-0.3, -0.25) is 4.79 Å². The summed E-state index contributed by atoms with van der Waals surface area (Å²) in [6.45, 7) is 0.953. The topological polar surface area (TPSA) is 91.9 Å². The zero-order chi connectivity index (χ0) is 20.4. The van der Waals surface area contributed by atoms with Crippen LogP contribution in [0.2, 0.25) is 0 Å². The molecule has 0 saturated carbocycles. The highest BCUT2D eigenvalue weighted by molar-refractivity contribution is 6.04. The summed E-state index contributed by atoms with van der Waals surface area (Å²) in [7, 11) is 3.15. The van der Waals surface area contributed by atoms with Crippen LogP contribution in [0.25, 0.3) is 0 Å². The molecule has 0 radical (unpaired) electrons. The van der Waals surface area contributed by atoms with E-state index in [0.29, 0.717) is 31.0 Å². The van der Waals surface area contributed by atoms with Crippen LogP contribution in [0.1, 0.15) is 12.0 Å². The monoisotopic (exact) mass is 396 g/mol. The van der Waals surface area contributed by atoms with E-state index in [0.717, 1.165) is 16.9 Å². The molecule has 2 heterocycles. The molecule has 2 atom stereocenters. The van der Waals surface area contributed by atoms with Crippen LogP contribution in [0.4, 0.5) is 16.2 Å². The number of nitrogens with zero attached hydrogens (tertiary/aromatic N) is 1. The molecule has 1 saturated heterocycles. The Bertz CT molecular complexity index is 933. The highest BCUT2D eigenvalue weighted by Gasteiger charge is 2.41. The normalized spacial score (nSPS) is 19.7. The number of carbonyl (C=O) groups is 2. The average molecular weight is 396 g/mol. The predicted octanol–water partition coefficient (Wildman–Crippen LogP) is 2.10. The van der Waals surface area contributed by atoms with Crippen molar-refractivity contribution in [1.82, 2.24) is 10.6 Å². The van der Waals surface area contributed by atoms with Gasteiger partial charge in [-0.1, -0.05) is 18.2 Å². The van der Waals surface area contributed by atoms with Gasteiger partial charge in [-0.15, -0.1) is 0 Å². The third kappa shape index (κ3) is 3.78. The van der Waals surface area contributed by atoms with Crippen LogP contribution >= 0.6 is 0 Å². The number of para-hydroxylation sites is 2.